The lowest BCUT2D eigenvalue weighted by molar-refractivity contribution is -0.126. The van der Waals surface area contributed by atoms with Gasteiger partial charge in [-0.1, -0.05) is 29.8 Å². The molecule has 5 heteroatoms. The highest BCUT2D eigenvalue weighted by molar-refractivity contribution is 9.10. The molecule has 1 N–H and O–H groups in total. The number of hydrogen-bond acceptors (Lipinski definition) is 2. The second-order valence-electron chi connectivity index (χ2n) is 5.52. The van der Waals surface area contributed by atoms with E-state index in [0.717, 1.165) is 10.2 Å². The van der Waals surface area contributed by atoms with Gasteiger partial charge in [0.05, 0.1) is 5.92 Å². The molecule has 1 aromatic rings. The van der Waals surface area contributed by atoms with E-state index >= 15 is 0 Å². The van der Waals surface area contributed by atoms with Crippen LogP contribution in [0.1, 0.15) is 20.3 Å². The van der Waals surface area contributed by atoms with Gasteiger partial charge >= 0.3 is 0 Å². The molecular weight excluding hydrogens is 320 g/mol. The van der Waals surface area contributed by atoms with Gasteiger partial charge in [0.25, 0.3) is 0 Å². The third-order valence-corrected chi connectivity index (χ3v) is 3.85. The van der Waals surface area contributed by atoms with E-state index < -0.39 is 0 Å². The van der Waals surface area contributed by atoms with Crippen molar-refractivity contribution in [3.8, 4) is 0 Å². The molecule has 20 heavy (non-hydrogen) atoms. The van der Waals surface area contributed by atoms with Crippen LogP contribution >= 0.6 is 15.9 Å². The van der Waals surface area contributed by atoms with E-state index in [9.17, 15) is 9.59 Å². The molecule has 1 atom stereocenters. The van der Waals surface area contributed by atoms with Crippen LogP contribution < -0.4 is 10.2 Å². The number of halogens is 1. The summed E-state index contributed by atoms with van der Waals surface area (Å²) in [7, 11) is 0. The van der Waals surface area contributed by atoms with Crippen LogP contribution in [0.25, 0.3) is 0 Å². The standard InChI is InChI=1S/C15H19BrN2O2/c1-10(2)8-17-15(20)11-7-14(19)18(9-11)13-5-3-12(16)4-6-13/h3-6,10-11H,7-9H2,1-2H3,(H,17,20). The maximum Gasteiger partial charge on any atom is 0.227 e. The zero-order chi connectivity index (χ0) is 14.7. The predicted molar refractivity (Wildman–Crippen MR) is 82.4 cm³/mol. The summed E-state index contributed by atoms with van der Waals surface area (Å²) in [6.07, 6.45) is 0.292. The van der Waals surface area contributed by atoms with Gasteiger partial charge in [-0.05, 0) is 30.2 Å². The molecular formula is C15H19BrN2O2. The first-order chi connectivity index (χ1) is 9.47. The molecule has 1 saturated heterocycles. The third kappa shape index (κ3) is 3.60. The van der Waals surface area contributed by atoms with Crippen molar-refractivity contribution in [1.82, 2.24) is 5.32 Å². The number of carbonyl (C=O) groups is 2. The van der Waals surface area contributed by atoms with E-state index in [1.54, 1.807) is 4.90 Å². The Labute approximate surface area is 127 Å². The molecule has 0 bridgehead atoms. The molecule has 0 spiro atoms. The van der Waals surface area contributed by atoms with Crippen LogP contribution in [0.15, 0.2) is 28.7 Å². The summed E-state index contributed by atoms with van der Waals surface area (Å²) in [6.45, 7) is 5.22. The van der Waals surface area contributed by atoms with Gasteiger partial charge in [-0.15, -0.1) is 0 Å². The Kier molecular flexibility index (Phi) is 4.81. The Bertz CT molecular complexity index is 499. The summed E-state index contributed by atoms with van der Waals surface area (Å²) >= 11 is 3.37. The van der Waals surface area contributed by atoms with Gasteiger partial charge in [-0.2, -0.15) is 0 Å². The molecule has 1 aliphatic heterocycles. The molecule has 2 amide bonds. The number of carbonyl (C=O) groups excluding carboxylic acids is 2. The van der Waals surface area contributed by atoms with Gasteiger partial charge < -0.3 is 10.2 Å². The fraction of sp³-hybridized carbons (Fsp3) is 0.467. The molecule has 0 aromatic heterocycles. The minimum Gasteiger partial charge on any atom is -0.356 e. The molecule has 4 nitrogen and oxygen atoms in total. The van der Waals surface area contributed by atoms with E-state index in [1.807, 2.05) is 38.1 Å². The van der Waals surface area contributed by atoms with Crippen LogP contribution in [0.5, 0.6) is 0 Å². The van der Waals surface area contributed by atoms with Gasteiger partial charge in [-0.3, -0.25) is 9.59 Å². The Morgan fingerprint density at radius 2 is 2.05 bits per heavy atom. The molecule has 0 aliphatic carbocycles. The van der Waals surface area contributed by atoms with E-state index in [2.05, 4.69) is 21.2 Å². The van der Waals surface area contributed by atoms with Crippen molar-refractivity contribution in [2.75, 3.05) is 18.0 Å². The van der Waals surface area contributed by atoms with E-state index in [1.165, 1.54) is 0 Å². The molecule has 1 aromatic carbocycles. The predicted octanol–water partition coefficient (Wildman–Crippen LogP) is 2.57. The smallest absolute Gasteiger partial charge is 0.227 e. The normalized spacial score (nSPS) is 18.7. The fourth-order valence-electron chi connectivity index (χ4n) is 2.20. The second kappa shape index (κ2) is 6.39. The second-order valence-corrected chi connectivity index (χ2v) is 6.44. The topological polar surface area (TPSA) is 49.4 Å². The van der Waals surface area contributed by atoms with Crippen LogP contribution in [0.4, 0.5) is 5.69 Å². The Morgan fingerprint density at radius 3 is 2.65 bits per heavy atom. The molecule has 1 unspecified atom stereocenters. The summed E-state index contributed by atoms with van der Waals surface area (Å²) < 4.78 is 0.971. The van der Waals surface area contributed by atoms with Gasteiger partial charge in [0, 0.05) is 29.7 Å². The van der Waals surface area contributed by atoms with Crippen molar-refractivity contribution >= 4 is 33.4 Å². The fourth-order valence-corrected chi connectivity index (χ4v) is 2.47. The molecule has 1 fully saturated rings. The minimum atomic E-state index is -0.245. The van der Waals surface area contributed by atoms with E-state index in [-0.39, 0.29) is 17.7 Å². The Balaban J connectivity index is 2.00. The van der Waals surface area contributed by atoms with Crippen LogP contribution in [-0.4, -0.2) is 24.9 Å². The van der Waals surface area contributed by atoms with Crippen molar-refractivity contribution in [2.24, 2.45) is 11.8 Å². The van der Waals surface area contributed by atoms with Crippen LogP contribution in [0.3, 0.4) is 0 Å². The van der Waals surface area contributed by atoms with E-state index in [0.29, 0.717) is 25.4 Å². The highest BCUT2D eigenvalue weighted by Gasteiger charge is 2.34. The maximum absolute atomic E-state index is 12.0. The minimum absolute atomic E-state index is 0.0111. The zero-order valence-corrected chi connectivity index (χ0v) is 13.3. The van der Waals surface area contributed by atoms with Crippen LogP contribution in [0, 0.1) is 11.8 Å². The lowest BCUT2D eigenvalue weighted by atomic mass is 10.1. The molecule has 108 valence electrons. The lowest BCUT2D eigenvalue weighted by Crippen LogP contribution is -2.34. The van der Waals surface area contributed by atoms with Crippen molar-refractivity contribution in [3.05, 3.63) is 28.7 Å². The van der Waals surface area contributed by atoms with Gasteiger partial charge in [0.1, 0.15) is 0 Å². The van der Waals surface area contributed by atoms with Gasteiger partial charge in [0.2, 0.25) is 11.8 Å². The summed E-state index contributed by atoms with van der Waals surface area (Å²) in [4.78, 5) is 25.8. The molecule has 1 aliphatic rings. The quantitative estimate of drug-likeness (QED) is 0.917. The first-order valence-corrected chi connectivity index (χ1v) is 7.60. The molecule has 0 saturated carbocycles. The van der Waals surface area contributed by atoms with Crippen LogP contribution in [-0.2, 0) is 9.59 Å². The SMILES string of the molecule is CC(C)CNC(=O)C1CC(=O)N(c2ccc(Br)cc2)C1. The third-order valence-electron chi connectivity index (χ3n) is 3.32. The number of amides is 2. The monoisotopic (exact) mass is 338 g/mol. The van der Waals surface area contributed by atoms with Crippen molar-refractivity contribution < 1.29 is 9.59 Å². The summed E-state index contributed by atoms with van der Waals surface area (Å²) in [6, 6.07) is 7.57. The largest absolute Gasteiger partial charge is 0.356 e. The number of benzene rings is 1. The number of nitrogens with zero attached hydrogens (tertiary/aromatic N) is 1. The average Bonchev–Trinajstić information content (AvgIpc) is 2.79. The molecule has 2 rings (SSSR count). The van der Waals surface area contributed by atoms with Crippen molar-refractivity contribution in [1.29, 1.82) is 0 Å². The van der Waals surface area contributed by atoms with E-state index in [4.69, 9.17) is 0 Å². The first-order valence-electron chi connectivity index (χ1n) is 6.81. The number of hydrogen-bond donors (Lipinski definition) is 1. The Hall–Kier alpha value is -1.36. The number of anilines is 1. The first kappa shape index (κ1) is 15.0. The average molecular weight is 339 g/mol. The van der Waals surface area contributed by atoms with Gasteiger partial charge in [-0.25, -0.2) is 0 Å². The highest BCUT2D eigenvalue weighted by Crippen LogP contribution is 2.26. The summed E-state index contributed by atoms with van der Waals surface area (Å²) in [5.74, 6) is 0.159. The Morgan fingerprint density at radius 1 is 1.40 bits per heavy atom. The van der Waals surface area contributed by atoms with Crippen molar-refractivity contribution in [3.63, 3.8) is 0 Å². The summed E-state index contributed by atoms with van der Waals surface area (Å²) in [5, 5.41) is 2.90. The maximum atomic E-state index is 12.0. The van der Waals surface area contributed by atoms with Crippen molar-refractivity contribution in [2.45, 2.75) is 20.3 Å². The number of rotatable bonds is 4. The van der Waals surface area contributed by atoms with Crippen LogP contribution in [0.2, 0.25) is 0 Å². The highest BCUT2D eigenvalue weighted by atomic mass is 79.9. The lowest BCUT2D eigenvalue weighted by Gasteiger charge is -2.17. The zero-order valence-electron chi connectivity index (χ0n) is 11.7. The molecule has 1 heterocycles. The summed E-state index contributed by atoms with van der Waals surface area (Å²) in [5.41, 5.74) is 0.845. The number of nitrogens with one attached hydrogen (secondary N) is 1. The van der Waals surface area contributed by atoms with Gasteiger partial charge in [0.15, 0.2) is 0 Å². The molecule has 0 radical (unpaired) electrons.